The van der Waals surface area contributed by atoms with Crippen LogP contribution >= 0.6 is 0 Å². The van der Waals surface area contributed by atoms with E-state index >= 15 is 0 Å². The summed E-state index contributed by atoms with van der Waals surface area (Å²) in [4.78, 5) is 0. The van der Waals surface area contributed by atoms with Gasteiger partial charge in [0.15, 0.2) is 0 Å². The van der Waals surface area contributed by atoms with E-state index in [9.17, 15) is 13.2 Å². The van der Waals surface area contributed by atoms with Gasteiger partial charge in [-0.05, 0) is 0 Å². The van der Waals surface area contributed by atoms with Crippen molar-refractivity contribution < 1.29 is 29.6 Å². The summed E-state index contributed by atoms with van der Waals surface area (Å²) in [6.45, 7) is 0. The molecule has 0 radical (unpaired) electrons. The Hall–Kier alpha value is 0.498. The van der Waals surface area contributed by atoms with E-state index in [-0.39, 0.29) is 0 Å². The van der Waals surface area contributed by atoms with Gasteiger partial charge in [-0.1, -0.05) is 0 Å². The zero-order chi connectivity index (χ0) is 9.03. The molecule has 0 aromatic heterocycles. The van der Waals surface area contributed by atoms with Crippen LogP contribution in [0.5, 0.6) is 0 Å². The Balaban J connectivity index is 2.40. The molecule has 0 saturated carbocycles. The molecule has 4 nitrogen and oxygen atoms in total. The molecule has 0 aliphatic carbocycles. The Morgan fingerprint density at radius 3 is 1.83 bits per heavy atom. The predicted molar refractivity (Wildman–Crippen MR) is 43.2 cm³/mol. The van der Waals surface area contributed by atoms with Crippen LogP contribution in [0.1, 0.15) is 0 Å². The van der Waals surface area contributed by atoms with Gasteiger partial charge >= 0.3 is 15.1 Å². The second-order valence-electron chi connectivity index (χ2n) is 1.97. The van der Waals surface area contributed by atoms with Gasteiger partial charge in [-0.3, -0.25) is 0 Å². The summed E-state index contributed by atoms with van der Waals surface area (Å²) < 4.78 is 54.8. The van der Waals surface area contributed by atoms with E-state index in [1.165, 1.54) is 0 Å². The van der Waals surface area contributed by atoms with Gasteiger partial charge in [0, 0.05) is 0 Å². The van der Waals surface area contributed by atoms with Crippen LogP contribution in [0.4, 0.5) is 13.2 Å². The molecule has 1 rings (SSSR count). The molecule has 72 valence electrons. The third-order valence-electron chi connectivity index (χ3n) is 1.04. The maximum absolute atomic E-state index is 12.0. The Morgan fingerprint density at radius 2 is 1.42 bits per heavy atom. The summed E-state index contributed by atoms with van der Waals surface area (Å²) in [5.41, 5.74) is 0. The summed E-state index contributed by atoms with van der Waals surface area (Å²) >= 11 is 0. The Morgan fingerprint density at radius 1 is 0.917 bits per heavy atom. The molecular weight excluding hydrogens is 245 g/mol. The van der Waals surface area contributed by atoms with Crippen LogP contribution in [0, 0.1) is 0 Å². The molecular formula is CH7F3O4Si4. The summed E-state index contributed by atoms with van der Waals surface area (Å²) in [5, 5.41) is 0. The number of rotatable bonds is 0. The zero-order valence-electron chi connectivity index (χ0n) is 5.97. The van der Waals surface area contributed by atoms with Gasteiger partial charge < -0.3 is 16.5 Å². The van der Waals surface area contributed by atoms with Gasteiger partial charge in [-0.25, -0.2) is 0 Å². The number of halogens is 3. The fraction of sp³-hybridized carbons (Fsp3) is 1.00. The molecule has 0 N–H and O–H groups in total. The van der Waals surface area contributed by atoms with E-state index in [0.29, 0.717) is 0 Å². The van der Waals surface area contributed by atoms with E-state index in [1.807, 2.05) is 0 Å². The maximum Gasteiger partial charge on any atom is 0.424 e. The van der Waals surface area contributed by atoms with E-state index < -0.39 is 45.1 Å². The lowest BCUT2D eigenvalue weighted by atomic mass is 11.5. The molecule has 0 spiro atoms. The summed E-state index contributed by atoms with van der Waals surface area (Å²) in [6.07, 6.45) is 0. The highest BCUT2D eigenvalue weighted by Crippen LogP contribution is 2.20. The average Bonchev–Trinajstić information content (AvgIpc) is 1.81. The first-order valence-electron chi connectivity index (χ1n) is 3.06. The fourth-order valence-electron chi connectivity index (χ4n) is 0.584. The van der Waals surface area contributed by atoms with E-state index in [1.54, 1.807) is 0 Å². The second-order valence-corrected chi connectivity index (χ2v) is 9.93. The van der Waals surface area contributed by atoms with Crippen molar-refractivity contribution >= 4 is 39.3 Å². The number of hydrogen-bond donors (Lipinski definition) is 0. The molecule has 12 heavy (non-hydrogen) atoms. The minimum absolute atomic E-state index is 1.09. The normalized spacial score (nSPS) is 33.8. The number of hydrogen-bond acceptors (Lipinski definition) is 4. The van der Waals surface area contributed by atoms with Gasteiger partial charge in [0.2, 0.25) is 0 Å². The SMILES string of the molecule is FC(F)(F)[SiH]1O[SiH2]O[SiH2]O[SiH2]O1. The van der Waals surface area contributed by atoms with Crippen LogP contribution in [-0.4, -0.2) is 45.1 Å². The molecule has 1 fully saturated rings. The molecule has 0 bridgehead atoms. The summed E-state index contributed by atoms with van der Waals surface area (Å²) in [6, 6.07) is 0. The van der Waals surface area contributed by atoms with Crippen LogP contribution in [0.3, 0.4) is 0 Å². The standard InChI is InChI=1S/CH7F3O4Si4/c2-1(3,4)12-7-10-5-9-6-11-8-12/h12H,9-11H2. The highest BCUT2D eigenvalue weighted by Gasteiger charge is 2.45. The summed E-state index contributed by atoms with van der Waals surface area (Å²) in [5.74, 6) is -4.33. The molecule has 0 aromatic carbocycles. The van der Waals surface area contributed by atoms with Crippen molar-refractivity contribution in [1.82, 2.24) is 0 Å². The van der Waals surface area contributed by atoms with Crippen molar-refractivity contribution in [2.24, 2.45) is 0 Å². The highest BCUT2D eigenvalue weighted by molar-refractivity contribution is 6.61. The molecule has 1 aliphatic heterocycles. The highest BCUT2D eigenvalue weighted by atomic mass is 28.4. The molecule has 11 heteroatoms. The van der Waals surface area contributed by atoms with E-state index in [2.05, 4.69) is 8.23 Å². The first-order valence-corrected chi connectivity index (χ1v) is 8.04. The molecule has 0 aromatic rings. The van der Waals surface area contributed by atoms with E-state index in [4.69, 9.17) is 8.23 Å². The Bertz CT molecular complexity index is 133. The van der Waals surface area contributed by atoms with Gasteiger partial charge in [0.1, 0.15) is 0 Å². The van der Waals surface area contributed by atoms with Crippen molar-refractivity contribution in [2.45, 2.75) is 5.80 Å². The van der Waals surface area contributed by atoms with Crippen molar-refractivity contribution in [3.63, 3.8) is 0 Å². The number of alkyl halides is 3. The molecule has 1 heterocycles. The predicted octanol–water partition coefficient (Wildman–Crippen LogP) is -2.62. The Labute approximate surface area is 75.4 Å². The van der Waals surface area contributed by atoms with Crippen molar-refractivity contribution in [1.29, 1.82) is 0 Å². The van der Waals surface area contributed by atoms with Crippen molar-refractivity contribution in [2.75, 3.05) is 0 Å². The Kier molecular flexibility index (Phi) is 4.10. The minimum Gasteiger partial charge on any atom is -0.425 e. The van der Waals surface area contributed by atoms with Gasteiger partial charge in [0.05, 0.1) is 0 Å². The van der Waals surface area contributed by atoms with Crippen LogP contribution in [-0.2, 0) is 16.5 Å². The smallest absolute Gasteiger partial charge is 0.424 e. The lowest BCUT2D eigenvalue weighted by molar-refractivity contribution is -0.0737. The third kappa shape index (κ3) is 3.48. The van der Waals surface area contributed by atoms with Crippen LogP contribution in [0.15, 0.2) is 0 Å². The van der Waals surface area contributed by atoms with Crippen LogP contribution < -0.4 is 0 Å². The van der Waals surface area contributed by atoms with E-state index in [0.717, 1.165) is 0 Å². The zero-order valence-corrected chi connectivity index (χ0v) is 11.4. The van der Waals surface area contributed by atoms with Crippen LogP contribution in [0.2, 0.25) is 0 Å². The van der Waals surface area contributed by atoms with Gasteiger partial charge in [0.25, 0.3) is 30.0 Å². The topological polar surface area (TPSA) is 36.9 Å². The van der Waals surface area contributed by atoms with Crippen molar-refractivity contribution in [3.05, 3.63) is 0 Å². The first-order chi connectivity index (χ1) is 5.61. The quantitative estimate of drug-likeness (QED) is 0.443. The maximum atomic E-state index is 12.0. The van der Waals surface area contributed by atoms with Crippen molar-refractivity contribution in [3.8, 4) is 0 Å². The van der Waals surface area contributed by atoms with Gasteiger partial charge in [-0.2, -0.15) is 13.2 Å². The van der Waals surface area contributed by atoms with Gasteiger partial charge in [-0.15, -0.1) is 0 Å². The third-order valence-corrected chi connectivity index (χ3v) is 7.75. The van der Waals surface area contributed by atoms with Crippen LogP contribution in [0.25, 0.3) is 0 Å². The lowest BCUT2D eigenvalue weighted by Gasteiger charge is -2.21. The summed E-state index contributed by atoms with van der Waals surface area (Å²) in [7, 11) is -7.58. The first kappa shape index (κ1) is 10.6. The monoisotopic (exact) mass is 252 g/mol. The lowest BCUT2D eigenvalue weighted by Crippen LogP contribution is -2.44. The molecule has 0 amide bonds. The molecule has 0 atom stereocenters. The average molecular weight is 252 g/mol. The molecule has 0 unspecified atom stereocenters. The largest absolute Gasteiger partial charge is 0.425 e. The minimum atomic E-state index is -4.33. The second kappa shape index (κ2) is 4.66. The fourth-order valence-corrected chi connectivity index (χ4v) is 8.91. The molecule has 1 saturated heterocycles. The molecule has 1 aliphatic rings.